The van der Waals surface area contributed by atoms with E-state index in [1.165, 1.54) is 17.3 Å². The number of amides is 2. The Balaban J connectivity index is 1.49. The topological polar surface area (TPSA) is 155 Å². The summed E-state index contributed by atoms with van der Waals surface area (Å²) >= 11 is 6.42. The second kappa shape index (κ2) is 12.6. The van der Waals surface area contributed by atoms with Crippen molar-refractivity contribution in [2.24, 2.45) is 10.7 Å². The van der Waals surface area contributed by atoms with E-state index < -0.39 is 11.9 Å². The van der Waals surface area contributed by atoms with E-state index in [1.807, 2.05) is 12.1 Å². The summed E-state index contributed by atoms with van der Waals surface area (Å²) in [5.74, 6) is 0.186. The lowest BCUT2D eigenvalue weighted by atomic mass is 10.0. The summed E-state index contributed by atoms with van der Waals surface area (Å²) in [4.78, 5) is 40.4. The van der Waals surface area contributed by atoms with Gasteiger partial charge in [-0.25, -0.2) is 9.97 Å². The molecule has 40 heavy (non-hydrogen) atoms. The fraction of sp³-hybridized carbons (Fsp3) is 0.250. The van der Waals surface area contributed by atoms with E-state index in [-0.39, 0.29) is 31.6 Å². The van der Waals surface area contributed by atoms with E-state index >= 15 is 0 Å². The molecule has 1 aliphatic rings. The number of hydrogen-bond acceptors (Lipinski definition) is 9. The van der Waals surface area contributed by atoms with Crippen LogP contribution in [0.25, 0.3) is 11.3 Å². The molecule has 2 amide bonds. The predicted octanol–water partition coefficient (Wildman–Crippen LogP) is 2.91. The lowest BCUT2D eigenvalue weighted by Crippen LogP contribution is -2.40. The first kappa shape index (κ1) is 28.5. The second-order valence-corrected chi connectivity index (χ2v) is 9.42. The number of nitrogens with one attached hydrogen (secondary N) is 2. The number of allylic oxidation sites excluding steroid dienone is 1. The molecular formula is C28H30ClN7O4. The van der Waals surface area contributed by atoms with Crippen molar-refractivity contribution in [3.05, 3.63) is 82.3 Å². The fourth-order valence-electron chi connectivity index (χ4n) is 4.27. The third-order valence-corrected chi connectivity index (χ3v) is 6.77. The summed E-state index contributed by atoms with van der Waals surface area (Å²) in [6.45, 7) is 1.59. The van der Waals surface area contributed by atoms with Crippen LogP contribution in [-0.2, 0) is 11.3 Å². The molecule has 1 atom stereocenters. The minimum atomic E-state index is -0.640. The van der Waals surface area contributed by atoms with Gasteiger partial charge in [-0.2, -0.15) is 0 Å². The smallest absolute Gasteiger partial charge is 0.254 e. The standard InChI is InChI=1S/C28H30ClN7O4/c1-16(31-2)23(11-30)34-28-32-12-22(29)26(35-28)18-7-8-19-13-36(27(39)21(19)10-18)14-25(38)33-24(15-37)17-5-4-6-20(9-17)40-3/h4-12,24,37H,13-15,30H2,1-3H3,(H,33,38)(H,32,34,35). The van der Waals surface area contributed by atoms with Gasteiger partial charge in [0.1, 0.15) is 12.3 Å². The molecule has 1 aliphatic heterocycles. The Hall–Kier alpha value is -4.48. The first-order chi connectivity index (χ1) is 19.3. The second-order valence-electron chi connectivity index (χ2n) is 9.02. The summed E-state index contributed by atoms with van der Waals surface area (Å²) in [5, 5.41) is 16.0. The van der Waals surface area contributed by atoms with Gasteiger partial charge in [0.05, 0.1) is 48.1 Å². The molecule has 208 valence electrons. The number of anilines is 1. The molecule has 0 spiro atoms. The average molecular weight is 564 g/mol. The van der Waals surface area contributed by atoms with Crippen molar-refractivity contribution < 1.29 is 19.4 Å². The van der Waals surface area contributed by atoms with E-state index in [9.17, 15) is 14.7 Å². The van der Waals surface area contributed by atoms with E-state index in [0.717, 1.165) is 5.56 Å². The Bertz CT molecular complexity index is 1490. The number of aromatic nitrogens is 2. The highest BCUT2D eigenvalue weighted by Crippen LogP contribution is 2.31. The maximum atomic E-state index is 13.2. The van der Waals surface area contributed by atoms with E-state index in [2.05, 4.69) is 25.6 Å². The predicted molar refractivity (Wildman–Crippen MR) is 153 cm³/mol. The van der Waals surface area contributed by atoms with Gasteiger partial charge in [-0.1, -0.05) is 35.9 Å². The number of halogens is 1. The van der Waals surface area contributed by atoms with Crippen LogP contribution in [0.1, 0.15) is 34.5 Å². The zero-order valence-corrected chi connectivity index (χ0v) is 23.1. The number of aliphatic imine (C=N–C) groups is 1. The number of rotatable bonds is 10. The maximum absolute atomic E-state index is 13.2. The lowest BCUT2D eigenvalue weighted by molar-refractivity contribution is -0.122. The number of hydrogen-bond donors (Lipinski definition) is 4. The summed E-state index contributed by atoms with van der Waals surface area (Å²) in [5.41, 5.74) is 9.89. The molecule has 1 aromatic heterocycles. The highest BCUT2D eigenvalue weighted by molar-refractivity contribution is 6.33. The van der Waals surface area contributed by atoms with E-state index in [4.69, 9.17) is 22.1 Å². The number of methoxy groups -OCH3 is 1. The van der Waals surface area contributed by atoms with Crippen LogP contribution < -0.4 is 21.1 Å². The molecule has 12 heteroatoms. The molecule has 0 fully saturated rings. The summed E-state index contributed by atoms with van der Waals surface area (Å²) in [6, 6.07) is 11.8. The molecule has 0 bridgehead atoms. The Morgan fingerprint density at radius 1 is 1.32 bits per heavy atom. The van der Waals surface area contributed by atoms with Crippen molar-refractivity contribution in [1.29, 1.82) is 0 Å². The number of aliphatic hydroxyl groups excluding tert-OH is 1. The SMILES string of the molecule is CN=C(C)C(=CN)Nc1ncc(Cl)c(-c2ccc3c(c2)C(=O)N(CC(=O)NC(CO)c2cccc(OC)c2)C3)n1. The van der Waals surface area contributed by atoms with Crippen LogP contribution in [0.5, 0.6) is 5.75 Å². The molecule has 1 unspecified atom stereocenters. The van der Waals surface area contributed by atoms with Crippen molar-refractivity contribution in [1.82, 2.24) is 20.2 Å². The molecule has 11 nitrogen and oxygen atoms in total. The molecule has 0 saturated heterocycles. The Kier molecular flexibility index (Phi) is 8.97. The summed E-state index contributed by atoms with van der Waals surface area (Å²) < 4.78 is 5.22. The first-order valence-corrected chi connectivity index (χ1v) is 12.8. The van der Waals surface area contributed by atoms with Gasteiger partial charge in [0.25, 0.3) is 5.91 Å². The molecular weight excluding hydrogens is 534 g/mol. The van der Waals surface area contributed by atoms with Crippen LogP contribution in [0, 0.1) is 0 Å². The molecule has 2 heterocycles. The normalized spacial score (nSPS) is 14.1. The minimum absolute atomic E-state index is 0.168. The number of fused-ring (bicyclic) bond motifs is 1. The summed E-state index contributed by atoms with van der Waals surface area (Å²) in [6.07, 6.45) is 2.84. The zero-order chi connectivity index (χ0) is 28.8. The van der Waals surface area contributed by atoms with Gasteiger partial charge in [-0.3, -0.25) is 14.6 Å². The quantitative estimate of drug-likeness (QED) is 0.274. The number of nitrogens with two attached hydrogens (primary N) is 1. The molecule has 3 aromatic rings. The van der Waals surface area contributed by atoms with Crippen LogP contribution in [-0.4, -0.2) is 64.8 Å². The Labute approximate surface area is 236 Å². The van der Waals surface area contributed by atoms with Crippen LogP contribution in [0.4, 0.5) is 5.95 Å². The molecule has 0 aliphatic carbocycles. The van der Waals surface area contributed by atoms with Gasteiger partial charge in [-0.05, 0) is 36.2 Å². The minimum Gasteiger partial charge on any atom is -0.497 e. The Morgan fingerprint density at radius 2 is 2.12 bits per heavy atom. The van der Waals surface area contributed by atoms with Crippen LogP contribution >= 0.6 is 11.6 Å². The van der Waals surface area contributed by atoms with Gasteiger partial charge in [0.2, 0.25) is 11.9 Å². The molecule has 2 aromatic carbocycles. The van der Waals surface area contributed by atoms with Gasteiger partial charge in [-0.15, -0.1) is 0 Å². The number of aliphatic hydroxyl groups is 1. The van der Waals surface area contributed by atoms with Gasteiger partial charge < -0.3 is 31.1 Å². The molecule has 0 saturated carbocycles. The highest BCUT2D eigenvalue weighted by Gasteiger charge is 2.30. The van der Waals surface area contributed by atoms with Crippen molar-refractivity contribution >= 4 is 35.1 Å². The van der Waals surface area contributed by atoms with Crippen molar-refractivity contribution in [2.45, 2.75) is 19.5 Å². The van der Waals surface area contributed by atoms with Crippen LogP contribution in [0.2, 0.25) is 5.02 Å². The van der Waals surface area contributed by atoms with Crippen molar-refractivity contribution in [3.8, 4) is 17.0 Å². The summed E-state index contributed by atoms with van der Waals surface area (Å²) in [7, 11) is 3.19. The Morgan fingerprint density at radius 3 is 2.83 bits per heavy atom. The van der Waals surface area contributed by atoms with Crippen molar-refractivity contribution in [2.75, 3.05) is 32.6 Å². The third-order valence-electron chi connectivity index (χ3n) is 6.49. The maximum Gasteiger partial charge on any atom is 0.254 e. The molecule has 0 radical (unpaired) electrons. The van der Waals surface area contributed by atoms with Crippen LogP contribution in [0.3, 0.4) is 0 Å². The van der Waals surface area contributed by atoms with E-state index in [0.29, 0.717) is 44.6 Å². The fourth-order valence-corrected chi connectivity index (χ4v) is 4.47. The lowest BCUT2D eigenvalue weighted by Gasteiger charge is -2.20. The average Bonchev–Trinajstić information content (AvgIpc) is 3.28. The number of carbonyl (C=O) groups excluding carboxylic acids is 2. The molecule has 5 N–H and O–H groups in total. The first-order valence-electron chi connectivity index (χ1n) is 12.4. The highest BCUT2D eigenvalue weighted by atomic mass is 35.5. The number of benzene rings is 2. The largest absolute Gasteiger partial charge is 0.497 e. The van der Waals surface area contributed by atoms with E-state index in [1.54, 1.807) is 51.4 Å². The zero-order valence-electron chi connectivity index (χ0n) is 22.3. The monoisotopic (exact) mass is 563 g/mol. The third kappa shape index (κ3) is 6.22. The van der Waals surface area contributed by atoms with Gasteiger partial charge >= 0.3 is 0 Å². The van der Waals surface area contributed by atoms with Crippen LogP contribution in [0.15, 0.2) is 65.6 Å². The van der Waals surface area contributed by atoms with Crippen molar-refractivity contribution in [3.63, 3.8) is 0 Å². The number of ether oxygens (including phenoxy) is 1. The number of carbonyl (C=O) groups is 2. The van der Waals surface area contributed by atoms with Gasteiger partial charge in [0.15, 0.2) is 0 Å². The number of nitrogens with zero attached hydrogens (tertiary/aromatic N) is 4. The van der Waals surface area contributed by atoms with Gasteiger partial charge in [0, 0.05) is 30.9 Å². The molecule has 4 rings (SSSR count).